The van der Waals surface area contributed by atoms with Gasteiger partial charge in [0.2, 0.25) is 0 Å². The summed E-state index contributed by atoms with van der Waals surface area (Å²) in [7, 11) is 0.265. The predicted molar refractivity (Wildman–Crippen MR) is 53.7 cm³/mol. The van der Waals surface area contributed by atoms with E-state index in [2.05, 4.69) is 10.9 Å². The molecule has 0 bridgehead atoms. The van der Waals surface area contributed by atoms with Crippen molar-refractivity contribution in [2.45, 2.75) is 0 Å². The van der Waals surface area contributed by atoms with Crippen molar-refractivity contribution in [3.63, 3.8) is 0 Å². The monoisotopic (exact) mass is 395 g/mol. The van der Waals surface area contributed by atoms with Crippen LogP contribution >= 0.6 is 30.2 Å². The van der Waals surface area contributed by atoms with E-state index in [1.165, 1.54) is 0 Å². The summed E-state index contributed by atoms with van der Waals surface area (Å²) >= 11 is 1.84. The topological polar surface area (TPSA) is 31.0 Å². The first-order valence-corrected chi connectivity index (χ1v) is 9.26. The fourth-order valence-electron chi connectivity index (χ4n) is 0.550. The Morgan fingerprint density at radius 2 is 2.64 bits per heavy atom. The summed E-state index contributed by atoms with van der Waals surface area (Å²) in [6, 6.07) is 0. The molecule has 0 aromatic heterocycles. The Bertz CT molecular complexity index is 259. The normalized spacial score (nSPS) is 24.8. The number of hydrogen-bond donors (Lipinski definition) is 1. The van der Waals surface area contributed by atoms with Crippen molar-refractivity contribution in [3.8, 4) is 0 Å². The number of nitrogens with one attached hydrogen (secondary N) is 1. The average molecular weight is 395 g/mol. The molecule has 0 radical (unpaired) electrons. The van der Waals surface area contributed by atoms with E-state index < -0.39 is 0 Å². The third-order valence-corrected chi connectivity index (χ3v) is 6.82. The van der Waals surface area contributed by atoms with Crippen LogP contribution in [0.3, 0.4) is 0 Å². The van der Waals surface area contributed by atoms with Crippen molar-refractivity contribution in [1.29, 1.82) is 0 Å². The van der Waals surface area contributed by atoms with Gasteiger partial charge in [0.25, 0.3) is 0 Å². The molecule has 2 nitrogen and oxygen atoms in total. The van der Waals surface area contributed by atoms with E-state index in [0.717, 1.165) is 11.4 Å². The van der Waals surface area contributed by atoms with Gasteiger partial charge in [-0.3, -0.25) is 0 Å². The van der Waals surface area contributed by atoms with Crippen LogP contribution in [0, 0.1) is 0 Å². The second-order valence-electron chi connectivity index (χ2n) is 1.82. The fourth-order valence-corrected chi connectivity index (χ4v) is 4.47. The van der Waals surface area contributed by atoms with Gasteiger partial charge in [-0.15, -0.1) is 0 Å². The Hall–Kier alpha value is 0.760. The van der Waals surface area contributed by atoms with Gasteiger partial charge in [0.1, 0.15) is 0 Å². The summed E-state index contributed by atoms with van der Waals surface area (Å²) < 4.78 is 2.10. The molecule has 1 heterocycles. The van der Waals surface area contributed by atoms with E-state index >= 15 is 0 Å². The molecule has 0 amide bonds. The third kappa shape index (κ3) is 3.32. The van der Waals surface area contributed by atoms with Crippen LogP contribution in [-0.2, 0) is 4.79 Å². The van der Waals surface area contributed by atoms with E-state index in [9.17, 15) is 4.79 Å². The van der Waals surface area contributed by atoms with Crippen LogP contribution in [0.25, 0.3) is 0 Å². The van der Waals surface area contributed by atoms with Gasteiger partial charge < -0.3 is 0 Å². The Balaban J connectivity index is 2.80. The van der Waals surface area contributed by atoms with Crippen LogP contribution in [0.15, 0.2) is 11.8 Å². The second kappa shape index (κ2) is 4.70. The van der Waals surface area contributed by atoms with Gasteiger partial charge in [-0.05, 0) is 0 Å². The molecule has 0 fully saturated rings. The first kappa shape index (κ1) is 9.85. The van der Waals surface area contributed by atoms with E-state index in [-0.39, 0.29) is 31.3 Å². The standard InChI is InChI=1S/C6H6I2NOS/c1-11-3-2-5(6(7)10)9-4-8-11/h2,4H,1,3H2/q-1/p+1. The van der Waals surface area contributed by atoms with Crippen LogP contribution in [0.1, 0.15) is 0 Å². The van der Waals surface area contributed by atoms with E-state index in [1.54, 1.807) is 22.6 Å². The molecule has 0 saturated carbocycles. The first-order valence-electron chi connectivity index (χ1n) is 2.83. The van der Waals surface area contributed by atoms with Crippen molar-refractivity contribution in [3.05, 3.63) is 11.8 Å². The quantitative estimate of drug-likeness (QED) is 0.281. The molecule has 1 N–H and O–H groups in total. The Morgan fingerprint density at radius 3 is 3.27 bits per heavy atom. The molecule has 0 aliphatic carbocycles. The maximum absolute atomic E-state index is 10.9. The van der Waals surface area contributed by atoms with Crippen molar-refractivity contribution < 1.29 is 29.6 Å². The van der Waals surface area contributed by atoms with Crippen molar-refractivity contribution in [2.24, 2.45) is 0 Å². The average Bonchev–Trinajstić information content (AvgIpc) is 2.13. The predicted octanol–water partition coefficient (Wildman–Crippen LogP) is -3.34. The Morgan fingerprint density at radius 1 is 1.91 bits per heavy atom. The molecule has 1 atom stereocenters. The van der Waals surface area contributed by atoms with Crippen LogP contribution in [0.5, 0.6) is 0 Å². The summed E-state index contributed by atoms with van der Waals surface area (Å²) in [5.74, 6) is 4.96. The number of carbonyl (C=O) groups is 1. The molecule has 5 heteroatoms. The van der Waals surface area contributed by atoms with Gasteiger partial charge in [-0.1, -0.05) is 0 Å². The molecule has 0 aromatic rings. The maximum atomic E-state index is 10.9. The van der Waals surface area contributed by atoms with E-state index in [0.29, 0.717) is 0 Å². The van der Waals surface area contributed by atoms with E-state index in [1.807, 2.05) is 10.3 Å². The second-order valence-corrected chi connectivity index (χ2v) is 10.0. The SMILES string of the molecule is C=S1CC=C(C(=O)I)[NH+]=C[I-]1. The zero-order valence-corrected chi connectivity index (χ0v) is 10.8. The fraction of sp³-hybridized carbons (Fsp3) is 0.167. The zero-order chi connectivity index (χ0) is 8.27. The molecular formula is C6H7I2NOS. The number of halogens is 2. The number of rotatable bonds is 1. The van der Waals surface area contributed by atoms with Crippen LogP contribution in [0.2, 0.25) is 0 Å². The van der Waals surface area contributed by atoms with E-state index in [4.69, 9.17) is 0 Å². The van der Waals surface area contributed by atoms with Crippen molar-refractivity contribution in [1.82, 2.24) is 0 Å². The molecule has 0 saturated heterocycles. The molecule has 62 valence electrons. The van der Waals surface area contributed by atoms with Crippen molar-refractivity contribution >= 4 is 44.1 Å². The summed E-state index contributed by atoms with van der Waals surface area (Å²) in [6.07, 6.45) is 1.95. The van der Waals surface area contributed by atoms with Crippen LogP contribution in [-0.4, -0.2) is 19.6 Å². The number of carbonyl (C=O) groups excluding carboxylic acids is 1. The summed E-state index contributed by atoms with van der Waals surface area (Å²) in [6.45, 7) is 0. The first-order chi connectivity index (χ1) is 5.20. The zero-order valence-electron chi connectivity index (χ0n) is 5.64. The minimum absolute atomic E-state index is 0.0446. The van der Waals surface area contributed by atoms with Gasteiger partial charge in [0.05, 0.1) is 0 Å². The van der Waals surface area contributed by atoms with Crippen LogP contribution in [0.4, 0.5) is 0 Å². The van der Waals surface area contributed by atoms with Gasteiger partial charge >= 0.3 is 91.3 Å². The molecule has 0 spiro atoms. The number of allylic oxidation sites excluding steroid dienone is 1. The Kier molecular flexibility index (Phi) is 4.21. The number of hydrogen-bond acceptors (Lipinski definition) is 1. The molecule has 0 aromatic carbocycles. The van der Waals surface area contributed by atoms with Gasteiger partial charge in [-0.2, -0.15) is 0 Å². The van der Waals surface area contributed by atoms with Crippen LogP contribution < -0.4 is 24.8 Å². The van der Waals surface area contributed by atoms with Gasteiger partial charge in [-0.25, -0.2) is 0 Å². The summed E-state index contributed by atoms with van der Waals surface area (Å²) in [5, 5.41) is 0. The van der Waals surface area contributed by atoms with Gasteiger partial charge in [0.15, 0.2) is 0 Å². The molecule has 1 aliphatic heterocycles. The molecule has 1 rings (SSSR count). The van der Waals surface area contributed by atoms with Gasteiger partial charge in [0, 0.05) is 0 Å². The molecule has 1 unspecified atom stereocenters. The summed E-state index contributed by atoms with van der Waals surface area (Å²) in [5.41, 5.74) is 0.726. The Labute approximate surface area is 90.3 Å². The van der Waals surface area contributed by atoms with Crippen molar-refractivity contribution in [2.75, 3.05) is 5.75 Å². The molecule has 1 aliphatic rings. The third-order valence-electron chi connectivity index (χ3n) is 1.06. The molecular weight excluding hydrogens is 388 g/mol. The molecule has 11 heavy (non-hydrogen) atoms. The minimum atomic E-state index is 0.0446. The summed E-state index contributed by atoms with van der Waals surface area (Å²) in [4.78, 5) is 13.9.